The van der Waals surface area contributed by atoms with Gasteiger partial charge in [-0.3, -0.25) is 30.1 Å². The Balaban J connectivity index is 1.19. The number of allylic oxidation sites excluding steroid dienone is 2. The van der Waals surface area contributed by atoms with Gasteiger partial charge in [-0.2, -0.15) is 0 Å². The van der Waals surface area contributed by atoms with Gasteiger partial charge in [0.25, 0.3) is 5.91 Å². The third-order valence-electron chi connectivity index (χ3n) is 4.82. The molecule has 2 aromatic carbocycles. The highest BCUT2D eigenvalue weighted by Crippen LogP contribution is 2.31. The predicted molar refractivity (Wildman–Crippen MR) is 143 cm³/mol. The van der Waals surface area contributed by atoms with Gasteiger partial charge in [0.05, 0.1) is 21.7 Å². The monoisotopic (exact) mass is 523 g/mol. The molecule has 1 fully saturated rings. The van der Waals surface area contributed by atoms with Crippen LogP contribution in [0.4, 0.5) is 0 Å². The number of fused-ring (bicyclic) bond motifs is 1. The SMILES string of the molecule is O=C(CCN1C(=O)/C(=C/C=C/c2ccccc2)SC1=S)NNC(=O)CSc1nc2ccccc2[nH]1. The van der Waals surface area contributed by atoms with E-state index in [2.05, 4.69) is 20.8 Å². The van der Waals surface area contributed by atoms with Crippen LogP contribution >= 0.6 is 35.7 Å². The van der Waals surface area contributed by atoms with Crippen molar-refractivity contribution in [2.75, 3.05) is 12.3 Å². The average Bonchev–Trinajstić information content (AvgIpc) is 3.40. The summed E-state index contributed by atoms with van der Waals surface area (Å²) in [4.78, 5) is 46.2. The van der Waals surface area contributed by atoms with Crippen LogP contribution < -0.4 is 10.9 Å². The van der Waals surface area contributed by atoms with E-state index in [-0.39, 0.29) is 30.5 Å². The van der Waals surface area contributed by atoms with Crippen LogP contribution in [-0.2, 0) is 14.4 Å². The Labute approximate surface area is 215 Å². The molecular formula is C24H21N5O3S3. The van der Waals surface area contributed by atoms with E-state index in [0.29, 0.717) is 14.4 Å². The number of benzene rings is 2. The summed E-state index contributed by atoms with van der Waals surface area (Å²) in [6, 6.07) is 17.3. The summed E-state index contributed by atoms with van der Waals surface area (Å²) >= 11 is 7.72. The normalized spacial score (nSPS) is 14.9. The van der Waals surface area contributed by atoms with E-state index < -0.39 is 5.91 Å². The molecule has 0 radical (unpaired) electrons. The molecule has 35 heavy (non-hydrogen) atoms. The third-order valence-corrected chi connectivity index (χ3v) is 7.09. The molecule has 1 aromatic heterocycles. The number of para-hydroxylation sites is 2. The standard InChI is InChI=1S/C24H21N5O3S3/c30-20(27-28-21(31)15-34-23-25-17-10-4-5-11-18(17)26-23)13-14-29-22(32)19(35-24(29)33)12-6-9-16-7-2-1-3-8-16/h1-12H,13-15H2,(H,25,26)(H,27,30)(H,28,31)/b9-6+,19-12-. The van der Waals surface area contributed by atoms with Crippen molar-refractivity contribution >= 4 is 74.9 Å². The summed E-state index contributed by atoms with van der Waals surface area (Å²) in [6.07, 6.45) is 5.41. The number of carbonyl (C=O) groups is 3. The summed E-state index contributed by atoms with van der Waals surface area (Å²) in [5.74, 6) is -0.954. The lowest BCUT2D eigenvalue weighted by atomic mass is 10.2. The maximum Gasteiger partial charge on any atom is 0.266 e. The number of carbonyl (C=O) groups excluding carboxylic acids is 3. The summed E-state index contributed by atoms with van der Waals surface area (Å²) < 4.78 is 0.397. The maximum absolute atomic E-state index is 12.6. The van der Waals surface area contributed by atoms with Crippen molar-refractivity contribution in [1.29, 1.82) is 0 Å². The number of thiocarbonyl (C=S) groups is 1. The van der Waals surface area contributed by atoms with E-state index in [0.717, 1.165) is 16.6 Å². The van der Waals surface area contributed by atoms with Gasteiger partial charge in [-0.15, -0.1) is 0 Å². The number of thioether (sulfide) groups is 2. The van der Waals surface area contributed by atoms with Crippen LogP contribution in [-0.4, -0.2) is 49.2 Å². The number of amides is 3. The van der Waals surface area contributed by atoms with Crippen molar-refractivity contribution in [1.82, 2.24) is 25.7 Å². The number of hydrogen-bond donors (Lipinski definition) is 3. The van der Waals surface area contributed by atoms with Crippen LogP contribution in [0.2, 0.25) is 0 Å². The van der Waals surface area contributed by atoms with Crippen LogP contribution in [0, 0.1) is 0 Å². The molecule has 0 unspecified atom stereocenters. The second-order valence-corrected chi connectivity index (χ2v) is 9.96. The van der Waals surface area contributed by atoms with Crippen LogP contribution in [0.1, 0.15) is 12.0 Å². The molecule has 4 rings (SSSR count). The number of H-pyrrole nitrogens is 1. The van der Waals surface area contributed by atoms with Gasteiger partial charge >= 0.3 is 0 Å². The number of aromatic amines is 1. The zero-order chi connectivity index (χ0) is 24.6. The molecule has 0 atom stereocenters. The molecule has 11 heteroatoms. The van der Waals surface area contributed by atoms with Crippen molar-refractivity contribution in [3.63, 3.8) is 0 Å². The molecule has 0 bridgehead atoms. The van der Waals surface area contributed by atoms with Crippen molar-refractivity contribution in [2.45, 2.75) is 11.6 Å². The molecule has 0 spiro atoms. The third kappa shape index (κ3) is 6.81. The maximum atomic E-state index is 12.6. The minimum absolute atomic E-state index is 0.00340. The Morgan fingerprint density at radius 2 is 1.83 bits per heavy atom. The predicted octanol–water partition coefficient (Wildman–Crippen LogP) is 3.65. The van der Waals surface area contributed by atoms with E-state index in [9.17, 15) is 14.4 Å². The van der Waals surface area contributed by atoms with Gasteiger partial charge in [-0.1, -0.05) is 90.4 Å². The molecule has 178 valence electrons. The summed E-state index contributed by atoms with van der Waals surface area (Å²) in [5.41, 5.74) is 7.47. The molecular weight excluding hydrogens is 502 g/mol. The van der Waals surface area contributed by atoms with E-state index in [1.165, 1.54) is 28.4 Å². The Hall–Kier alpha value is -3.41. The number of hydrogen-bond acceptors (Lipinski definition) is 7. The number of rotatable bonds is 8. The van der Waals surface area contributed by atoms with Crippen molar-refractivity contribution < 1.29 is 14.4 Å². The van der Waals surface area contributed by atoms with Crippen LogP contribution in [0.3, 0.4) is 0 Å². The molecule has 1 saturated heterocycles. The first-order valence-corrected chi connectivity index (χ1v) is 12.8. The molecule has 1 aliphatic heterocycles. The lowest BCUT2D eigenvalue weighted by Gasteiger charge is -2.14. The van der Waals surface area contributed by atoms with E-state index in [1.807, 2.05) is 60.7 Å². The fourth-order valence-electron chi connectivity index (χ4n) is 3.10. The van der Waals surface area contributed by atoms with E-state index in [4.69, 9.17) is 12.2 Å². The number of nitrogens with one attached hydrogen (secondary N) is 3. The van der Waals surface area contributed by atoms with Gasteiger partial charge in [-0.25, -0.2) is 4.98 Å². The molecule has 0 saturated carbocycles. The van der Waals surface area contributed by atoms with Gasteiger partial charge in [0.1, 0.15) is 4.32 Å². The fraction of sp³-hybridized carbons (Fsp3) is 0.125. The first-order valence-electron chi connectivity index (χ1n) is 10.6. The smallest absolute Gasteiger partial charge is 0.266 e. The number of nitrogens with zero attached hydrogens (tertiary/aromatic N) is 2. The van der Waals surface area contributed by atoms with E-state index >= 15 is 0 Å². The Kier molecular flexibility index (Phi) is 8.35. The van der Waals surface area contributed by atoms with Crippen molar-refractivity contribution in [3.05, 3.63) is 77.2 Å². The van der Waals surface area contributed by atoms with E-state index in [1.54, 1.807) is 12.2 Å². The Morgan fingerprint density at radius 3 is 2.63 bits per heavy atom. The van der Waals surface area contributed by atoms with Gasteiger partial charge in [-0.05, 0) is 23.8 Å². The summed E-state index contributed by atoms with van der Waals surface area (Å²) in [7, 11) is 0. The molecule has 0 aliphatic carbocycles. The quantitative estimate of drug-likeness (QED) is 0.179. The zero-order valence-corrected chi connectivity index (χ0v) is 20.8. The van der Waals surface area contributed by atoms with Crippen LogP contribution in [0.15, 0.2) is 76.8 Å². The van der Waals surface area contributed by atoms with Gasteiger partial charge < -0.3 is 4.98 Å². The first-order chi connectivity index (χ1) is 17.0. The highest BCUT2D eigenvalue weighted by Gasteiger charge is 2.31. The highest BCUT2D eigenvalue weighted by atomic mass is 32.2. The van der Waals surface area contributed by atoms with Gasteiger partial charge in [0, 0.05) is 13.0 Å². The number of imidazole rings is 1. The minimum atomic E-state index is -0.422. The first kappa shape index (κ1) is 24.7. The Morgan fingerprint density at radius 1 is 1.09 bits per heavy atom. The van der Waals surface area contributed by atoms with Gasteiger partial charge in [0.2, 0.25) is 11.8 Å². The molecule has 8 nitrogen and oxygen atoms in total. The molecule has 3 amide bonds. The number of aromatic nitrogens is 2. The molecule has 3 N–H and O–H groups in total. The zero-order valence-electron chi connectivity index (χ0n) is 18.4. The topological polar surface area (TPSA) is 107 Å². The van der Waals surface area contributed by atoms with Crippen LogP contribution in [0.25, 0.3) is 17.1 Å². The highest BCUT2D eigenvalue weighted by molar-refractivity contribution is 8.26. The number of hydrazine groups is 1. The largest absolute Gasteiger partial charge is 0.333 e. The summed E-state index contributed by atoms with van der Waals surface area (Å²) in [5, 5.41) is 0.619. The summed E-state index contributed by atoms with van der Waals surface area (Å²) in [6.45, 7) is 0.125. The minimum Gasteiger partial charge on any atom is -0.333 e. The second-order valence-electron chi connectivity index (χ2n) is 7.32. The second kappa shape index (κ2) is 11.8. The van der Waals surface area contributed by atoms with Crippen molar-refractivity contribution in [3.8, 4) is 0 Å². The molecule has 1 aliphatic rings. The molecule has 2 heterocycles. The Bertz CT molecular complexity index is 1290. The fourth-order valence-corrected chi connectivity index (χ4v) is 5.05. The van der Waals surface area contributed by atoms with Crippen molar-refractivity contribution in [2.24, 2.45) is 0 Å². The van der Waals surface area contributed by atoms with Crippen LogP contribution in [0.5, 0.6) is 0 Å². The lowest BCUT2D eigenvalue weighted by molar-refractivity contribution is -0.128. The lowest BCUT2D eigenvalue weighted by Crippen LogP contribution is -2.44. The van der Waals surface area contributed by atoms with Gasteiger partial charge in [0.15, 0.2) is 5.16 Å². The average molecular weight is 524 g/mol. The molecule has 3 aromatic rings.